The number of amides is 1. The van der Waals surface area contributed by atoms with Crippen LogP contribution in [0.2, 0.25) is 0 Å². The number of rotatable bonds is 4. The van der Waals surface area contributed by atoms with Gasteiger partial charge in [-0.1, -0.05) is 5.16 Å². The summed E-state index contributed by atoms with van der Waals surface area (Å²) in [4.78, 5) is 14.9. The molecule has 2 aromatic heterocycles. The zero-order valence-corrected chi connectivity index (χ0v) is 9.30. The van der Waals surface area contributed by atoms with Gasteiger partial charge in [-0.15, -0.1) is 0 Å². The maximum Gasteiger partial charge on any atom is 0.250 e. The van der Waals surface area contributed by atoms with Crippen LogP contribution < -0.4 is 11.1 Å². The molecule has 0 fully saturated rings. The molecule has 0 radical (unpaired) electrons. The third-order valence-corrected chi connectivity index (χ3v) is 2.17. The molecule has 0 spiro atoms. The van der Waals surface area contributed by atoms with E-state index in [1.165, 1.54) is 6.20 Å². The van der Waals surface area contributed by atoms with Crippen LogP contribution in [0.1, 0.15) is 21.8 Å². The van der Waals surface area contributed by atoms with Gasteiger partial charge in [-0.3, -0.25) is 4.79 Å². The van der Waals surface area contributed by atoms with Gasteiger partial charge in [0.2, 0.25) is 5.91 Å². The Kier molecular flexibility index (Phi) is 3.04. The number of hydrogen-bond acceptors (Lipinski definition) is 5. The monoisotopic (exact) mass is 232 g/mol. The zero-order valence-electron chi connectivity index (χ0n) is 9.30. The lowest BCUT2D eigenvalue weighted by Gasteiger charge is -2.02. The molecule has 0 saturated heterocycles. The maximum atomic E-state index is 10.8. The van der Waals surface area contributed by atoms with Crippen LogP contribution in [0.5, 0.6) is 0 Å². The molecule has 0 bridgehead atoms. The van der Waals surface area contributed by atoms with Crippen molar-refractivity contribution >= 4 is 11.7 Å². The summed E-state index contributed by atoms with van der Waals surface area (Å²) in [6, 6.07) is 5.14. The summed E-state index contributed by atoms with van der Waals surface area (Å²) in [5.41, 5.74) is 6.32. The van der Waals surface area contributed by atoms with E-state index in [1.54, 1.807) is 12.1 Å². The lowest BCUT2D eigenvalue weighted by atomic mass is 10.3. The molecule has 0 aliphatic rings. The van der Waals surface area contributed by atoms with E-state index in [-0.39, 0.29) is 0 Å². The Morgan fingerprint density at radius 3 is 2.88 bits per heavy atom. The first-order chi connectivity index (χ1) is 8.15. The van der Waals surface area contributed by atoms with Crippen molar-refractivity contribution in [2.24, 2.45) is 5.73 Å². The predicted octanol–water partition coefficient (Wildman–Crippen LogP) is 1.09. The smallest absolute Gasteiger partial charge is 0.250 e. The molecule has 6 nitrogen and oxygen atoms in total. The number of hydrogen-bond donors (Lipinski definition) is 2. The molecule has 0 unspecified atom stereocenters. The van der Waals surface area contributed by atoms with Crippen LogP contribution in [0, 0.1) is 6.92 Å². The predicted molar refractivity (Wildman–Crippen MR) is 61.3 cm³/mol. The van der Waals surface area contributed by atoms with Crippen molar-refractivity contribution in [3.63, 3.8) is 0 Å². The van der Waals surface area contributed by atoms with Crippen LogP contribution >= 0.6 is 0 Å². The number of carbonyl (C=O) groups is 1. The van der Waals surface area contributed by atoms with E-state index in [4.69, 9.17) is 10.3 Å². The second kappa shape index (κ2) is 4.65. The van der Waals surface area contributed by atoms with Gasteiger partial charge in [-0.05, 0) is 19.1 Å². The van der Waals surface area contributed by atoms with E-state index in [0.29, 0.717) is 17.9 Å². The Morgan fingerprint density at radius 1 is 1.53 bits per heavy atom. The van der Waals surface area contributed by atoms with E-state index in [2.05, 4.69) is 15.5 Å². The normalized spacial score (nSPS) is 10.2. The van der Waals surface area contributed by atoms with Crippen LogP contribution in [0.4, 0.5) is 5.82 Å². The van der Waals surface area contributed by atoms with Gasteiger partial charge in [0, 0.05) is 12.3 Å². The van der Waals surface area contributed by atoms with Crippen LogP contribution in [0.3, 0.4) is 0 Å². The Morgan fingerprint density at radius 2 is 2.35 bits per heavy atom. The van der Waals surface area contributed by atoms with Crippen molar-refractivity contribution < 1.29 is 9.32 Å². The molecular weight excluding hydrogens is 220 g/mol. The van der Waals surface area contributed by atoms with Gasteiger partial charge in [0.15, 0.2) is 5.76 Å². The third kappa shape index (κ3) is 2.81. The van der Waals surface area contributed by atoms with Crippen molar-refractivity contribution in [1.29, 1.82) is 0 Å². The molecule has 2 heterocycles. The van der Waals surface area contributed by atoms with Crippen molar-refractivity contribution in [3.05, 3.63) is 41.4 Å². The van der Waals surface area contributed by atoms with Gasteiger partial charge < -0.3 is 15.6 Å². The molecule has 3 N–H and O–H groups in total. The topological polar surface area (TPSA) is 94.0 Å². The van der Waals surface area contributed by atoms with Crippen LogP contribution in [-0.2, 0) is 6.54 Å². The van der Waals surface area contributed by atoms with Crippen LogP contribution in [0.25, 0.3) is 0 Å². The molecule has 88 valence electrons. The molecular formula is C11H12N4O2. The summed E-state index contributed by atoms with van der Waals surface area (Å²) >= 11 is 0. The van der Waals surface area contributed by atoms with Crippen molar-refractivity contribution in [3.8, 4) is 0 Å². The van der Waals surface area contributed by atoms with Gasteiger partial charge in [0.25, 0.3) is 0 Å². The summed E-state index contributed by atoms with van der Waals surface area (Å²) in [5.74, 6) is 0.877. The number of nitrogens with one attached hydrogen (secondary N) is 1. The first-order valence-electron chi connectivity index (χ1n) is 5.07. The highest BCUT2D eigenvalue weighted by atomic mass is 16.5. The number of aromatic nitrogens is 2. The molecule has 0 saturated carbocycles. The third-order valence-electron chi connectivity index (χ3n) is 2.17. The number of primary amides is 1. The number of pyridine rings is 1. The first kappa shape index (κ1) is 11.1. The lowest BCUT2D eigenvalue weighted by Crippen LogP contribution is -2.11. The Labute approximate surface area is 97.8 Å². The molecule has 0 aliphatic carbocycles. The van der Waals surface area contributed by atoms with Crippen LogP contribution in [-0.4, -0.2) is 16.0 Å². The van der Waals surface area contributed by atoms with E-state index in [9.17, 15) is 4.79 Å². The fourth-order valence-electron chi connectivity index (χ4n) is 1.32. The van der Waals surface area contributed by atoms with E-state index in [1.807, 2.05) is 13.0 Å². The number of aryl methyl sites for hydroxylation is 1. The fourth-order valence-corrected chi connectivity index (χ4v) is 1.32. The average molecular weight is 232 g/mol. The number of nitrogens with zero attached hydrogens (tertiary/aromatic N) is 2. The van der Waals surface area contributed by atoms with Gasteiger partial charge >= 0.3 is 0 Å². The Balaban J connectivity index is 1.97. The van der Waals surface area contributed by atoms with Crippen molar-refractivity contribution in [2.75, 3.05) is 5.32 Å². The molecule has 1 amide bonds. The van der Waals surface area contributed by atoms with Crippen molar-refractivity contribution in [1.82, 2.24) is 10.1 Å². The van der Waals surface area contributed by atoms with E-state index >= 15 is 0 Å². The zero-order chi connectivity index (χ0) is 12.3. The summed E-state index contributed by atoms with van der Waals surface area (Å²) in [6.07, 6.45) is 1.43. The van der Waals surface area contributed by atoms with Gasteiger partial charge in [0.05, 0.1) is 17.8 Å². The van der Waals surface area contributed by atoms with E-state index in [0.717, 1.165) is 11.5 Å². The highest BCUT2D eigenvalue weighted by molar-refractivity contribution is 5.92. The Bertz CT molecular complexity index is 519. The second-order valence-corrected chi connectivity index (χ2v) is 3.58. The number of nitrogens with two attached hydrogens (primary N) is 1. The quantitative estimate of drug-likeness (QED) is 0.822. The molecule has 0 aliphatic heterocycles. The molecule has 0 aromatic carbocycles. The minimum Gasteiger partial charge on any atom is -0.366 e. The van der Waals surface area contributed by atoms with Crippen LogP contribution in [0.15, 0.2) is 28.9 Å². The van der Waals surface area contributed by atoms with E-state index < -0.39 is 5.91 Å². The highest BCUT2D eigenvalue weighted by Gasteiger charge is 2.03. The average Bonchev–Trinajstić information content (AvgIpc) is 2.73. The van der Waals surface area contributed by atoms with Gasteiger partial charge in [-0.2, -0.15) is 0 Å². The largest absolute Gasteiger partial charge is 0.366 e. The standard InChI is InChI=1S/C11H12N4O2/c1-7-4-9(17-15-7)6-14-10-3-2-8(5-13-10)11(12)16/h2-5H,6H2,1H3,(H2,12,16)(H,13,14). The first-order valence-corrected chi connectivity index (χ1v) is 5.07. The Hall–Kier alpha value is -2.37. The summed E-state index contributed by atoms with van der Waals surface area (Å²) in [6.45, 7) is 2.34. The number of anilines is 1. The summed E-state index contributed by atoms with van der Waals surface area (Å²) < 4.78 is 5.03. The summed E-state index contributed by atoms with van der Waals surface area (Å²) in [7, 11) is 0. The minimum atomic E-state index is -0.491. The van der Waals surface area contributed by atoms with Gasteiger partial charge in [0.1, 0.15) is 5.82 Å². The number of carbonyl (C=O) groups excluding carboxylic acids is 1. The maximum absolute atomic E-state index is 10.8. The van der Waals surface area contributed by atoms with Crippen molar-refractivity contribution in [2.45, 2.75) is 13.5 Å². The molecule has 2 aromatic rings. The molecule has 17 heavy (non-hydrogen) atoms. The molecule has 6 heteroatoms. The van der Waals surface area contributed by atoms with Gasteiger partial charge in [-0.25, -0.2) is 4.98 Å². The highest BCUT2D eigenvalue weighted by Crippen LogP contribution is 2.08. The minimum absolute atomic E-state index is 0.381. The summed E-state index contributed by atoms with van der Waals surface area (Å²) in [5, 5.41) is 6.81. The molecule has 2 rings (SSSR count). The SMILES string of the molecule is Cc1cc(CNc2ccc(C(N)=O)cn2)on1. The second-order valence-electron chi connectivity index (χ2n) is 3.58. The molecule has 0 atom stereocenters. The lowest BCUT2D eigenvalue weighted by molar-refractivity contribution is 0.1000. The fraction of sp³-hybridized carbons (Fsp3) is 0.182.